The minimum atomic E-state index is 0.0594. The van der Waals surface area contributed by atoms with Gasteiger partial charge in [-0.15, -0.1) is 0 Å². The first-order valence-corrected chi connectivity index (χ1v) is 11.7. The molecular weight excluding hydrogens is 382 g/mol. The molecule has 1 amide bonds. The summed E-state index contributed by atoms with van der Waals surface area (Å²) in [5.74, 6) is 0.127. The molecule has 4 heteroatoms. The van der Waals surface area contributed by atoms with Crippen LogP contribution >= 0.6 is 0 Å². The van der Waals surface area contributed by atoms with Gasteiger partial charge < -0.3 is 5.32 Å². The van der Waals surface area contributed by atoms with E-state index in [1.165, 1.54) is 47.9 Å². The third-order valence-electron chi connectivity index (χ3n) is 6.56. The molecule has 164 valence electrons. The van der Waals surface area contributed by atoms with E-state index in [0.29, 0.717) is 6.54 Å². The van der Waals surface area contributed by atoms with Gasteiger partial charge in [-0.2, -0.15) is 0 Å². The number of amides is 1. The van der Waals surface area contributed by atoms with Crippen molar-refractivity contribution in [2.24, 2.45) is 0 Å². The highest BCUT2D eigenvalue weighted by molar-refractivity contribution is 5.78. The highest BCUT2D eigenvalue weighted by Crippen LogP contribution is 2.24. The van der Waals surface area contributed by atoms with Crippen molar-refractivity contribution in [1.82, 2.24) is 15.1 Å². The van der Waals surface area contributed by atoms with Gasteiger partial charge in [-0.05, 0) is 54.9 Å². The first kappa shape index (κ1) is 21.8. The van der Waals surface area contributed by atoms with E-state index in [0.717, 1.165) is 32.7 Å². The van der Waals surface area contributed by atoms with Crippen molar-refractivity contribution in [2.75, 3.05) is 39.3 Å². The number of piperazine rings is 1. The molecule has 1 N–H and O–H groups in total. The average Bonchev–Trinajstić information content (AvgIpc) is 2.80. The van der Waals surface area contributed by atoms with Gasteiger partial charge in [0.1, 0.15) is 0 Å². The Hall–Kier alpha value is -2.43. The molecule has 0 bridgehead atoms. The molecule has 0 aromatic heterocycles. The van der Waals surface area contributed by atoms with Gasteiger partial charge in [-0.3, -0.25) is 14.6 Å². The second-order valence-corrected chi connectivity index (χ2v) is 8.91. The van der Waals surface area contributed by atoms with Gasteiger partial charge in [-0.25, -0.2) is 0 Å². The Morgan fingerprint density at radius 2 is 1.68 bits per heavy atom. The first-order valence-electron chi connectivity index (χ1n) is 11.7. The fraction of sp³-hybridized carbons (Fsp3) is 0.444. The molecule has 0 spiro atoms. The number of hydrogen-bond acceptors (Lipinski definition) is 3. The molecular formula is C27H35N3O. The molecule has 2 aromatic rings. The number of fused-ring (bicyclic) bond motifs is 1. The van der Waals surface area contributed by atoms with Gasteiger partial charge in [0.25, 0.3) is 0 Å². The second kappa shape index (κ2) is 10.7. The molecule has 1 atom stereocenters. The van der Waals surface area contributed by atoms with Gasteiger partial charge in [0.05, 0.1) is 12.6 Å². The highest BCUT2D eigenvalue weighted by atomic mass is 16.2. The Morgan fingerprint density at radius 1 is 0.968 bits per heavy atom. The summed E-state index contributed by atoms with van der Waals surface area (Å²) in [6.07, 6.45) is 9.37. The molecule has 2 aliphatic rings. The zero-order valence-corrected chi connectivity index (χ0v) is 18.7. The third kappa shape index (κ3) is 6.28. The lowest BCUT2D eigenvalue weighted by Crippen LogP contribution is -2.49. The molecule has 1 fully saturated rings. The van der Waals surface area contributed by atoms with Crippen molar-refractivity contribution in [3.05, 3.63) is 76.9 Å². The predicted molar refractivity (Wildman–Crippen MR) is 128 cm³/mol. The molecule has 2 aromatic carbocycles. The summed E-state index contributed by atoms with van der Waals surface area (Å²) < 4.78 is 0. The minimum absolute atomic E-state index is 0.0594. The van der Waals surface area contributed by atoms with Crippen LogP contribution in [0.2, 0.25) is 0 Å². The van der Waals surface area contributed by atoms with Crippen molar-refractivity contribution >= 4 is 12.0 Å². The SMILES string of the molecule is C[C@H](NC(=O)CN1CCN(C/C=C/c2ccccc2)CC1)c1ccc2c(c1)CCCC2. The lowest BCUT2D eigenvalue weighted by molar-refractivity contribution is -0.123. The summed E-state index contributed by atoms with van der Waals surface area (Å²) in [6.45, 7) is 7.45. The molecule has 0 radical (unpaired) electrons. The Balaban J connectivity index is 1.19. The van der Waals surface area contributed by atoms with E-state index in [1.807, 2.05) is 6.07 Å². The van der Waals surface area contributed by atoms with E-state index < -0.39 is 0 Å². The zero-order valence-electron chi connectivity index (χ0n) is 18.7. The van der Waals surface area contributed by atoms with Gasteiger partial charge >= 0.3 is 0 Å². The Labute approximate surface area is 186 Å². The highest BCUT2D eigenvalue weighted by Gasteiger charge is 2.20. The van der Waals surface area contributed by atoms with Gasteiger partial charge in [-0.1, -0.05) is 60.7 Å². The number of hydrogen-bond donors (Lipinski definition) is 1. The van der Waals surface area contributed by atoms with E-state index in [9.17, 15) is 4.79 Å². The van der Waals surface area contributed by atoms with Crippen LogP contribution in [-0.4, -0.2) is 55.0 Å². The second-order valence-electron chi connectivity index (χ2n) is 8.91. The van der Waals surface area contributed by atoms with Crippen LogP contribution in [0, 0.1) is 0 Å². The molecule has 4 nitrogen and oxygen atoms in total. The number of carbonyl (C=O) groups is 1. The number of benzene rings is 2. The van der Waals surface area contributed by atoms with E-state index in [2.05, 4.69) is 76.7 Å². The van der Waals surface area contributed by atoms with Gasteiger partial charge in [0.2, 0.25) is 5.91 Å². The Kier molecular flexibility index (Phi) is 7.55. The fourth-order valence-corrected chi connectivity index (χ4v) is 4.63. The van der Waals surface area contributed by atoms with Crippen LogP contribution < -0.4 is 5.32 Å². The number of rotatable bonds is 7. The Morgan fingerprint density at radius 3 is 2.45 bits per heavy atom. The van der Waals surface area contributed by atoms with Gasteiger partial charge in [0.15, 0.2) is 0 Å². The van der Waals surface area contributed by atoms with E-state index >= 15 is 0 Å². The summed E-state index contributed by atoms with van der Waals surface area (Å²) in [5.41, 5.74) is 5.43. The predicted octanol–water partition coefficient (Wildman–Crippen LogP) is 4.07. The molecule has 0 saturated carbocycles. The summed E-state index contributed by atoms with van der Waals surface area (Å²) >= 11 is 0. The molecule has 1 heterocycles. The normalized spacial score (nSPS) is 18.6. The number of carbonyl (C=O) groups excluding carboxylic acids is 1. The van der Waals surface area contributed by atoms with Crippen LogP contribution in [-0.2, 0) is 17.6 Å². The topological polar surface area (TPSA) is 35.6 Å². The standard InChI is InChI=1S/C27H35N3O/c1-22(25-14-13-24-11-5-6-12-26(24)20-25)28-27(31)21-30-18-16-29(17-19-30)15-7-10-23-8-3-2-4-9-23/h2-4,7-10,13-14,20,22H,5-6,11-12,15-19,21H2,1H3,(H,28,31)/b10-7+/t22-/m0/s1. The smallest absolute Gasteiger partial charge is 0.234 e. The molecule has 31 heavy (non-hydrogen) atoms. The van der Waals surface area contributed by atoms with Gasteiger partial charge in [0, 0.05) is 32.7 Å². The maximum Gasteiger partial charge on any atom is 0.234 e. The van der Waals surface area contributed by atoms with Crippen molar-refractivity contribution < 1.29 is 4.79 Å². The van der Waals surface area contributed by atoms with Crippen molar-refractivity contribution in [1.29, 1.82) is 0 Å². The molecule has 1 saturated heterocycles. The zero-order chi connectivity index (χ0) is 21.5. The quantitative estimate of drug-likeness (QED) is 0.738. The van der Waals surface area contributed by atoms with Crippen LogP contribution in [0.15, 0.2) is 54.6 Å². The monoisotopic (exact) mass is 417 g/mol. The van der Waals surface area contributed by atoms with Crippen LogP contribution in [0.5, 0.6) is 0 Å². The maximum absolute atomic E-state index is 12.6. The summed E-state index contributed by atoms with van der Waals surface area (Å²) in [5, 5.41) is 3.21. The van der Waals surface area contributed by atoms with Crippen LogP contribution in [0.3, 0.4) is 0 Å². The van der Waals surface area contributed by atoms with E-state index in [4.69, 9.17) is 0 Å². The first-order chi connectivity index (χ1) is 15.2. The lowest BCUT2D eigenvalue weighted by Gasteiger charge is -2.33. The van der Waals surface area contributed by atoms with E-state index in [1.54, 1.807) is 0 Å². The Bertz CT molecular complexity index is 885. The molecule has 1 aliphatic heterocycles. The van der Waals surface area contributed by atoms with Crippen molar-refractivity contribution in [3.63, 3.8) is 0 Å². The number of nitrogens with one attached hydrogen (secondary N) is 1. The molecule has 0 unspecified atom stereocenters. The number of aryl methyl sites for hydroxylation is 2. The van der Waals surface area contributed by atoms with Crippen LogP contribution in [0.1, 0.15) is 48.1 Å². The lowest BCUT2D eigenvalue weighted by atomic mass is 9.89. The number of nitrogens with zero attached hydrogens (tertiary/aromatic N) is 2. The summed E-state index contributed by atoms with van der Waals surface area (Å²) in [7, 11) is 0. The van der Waals surface area contributed by atoms with E-state index in [-0.39, 0.29) is 11.9 Å². The van der Waals surface area contributed by atoms with Crippen LogP contribution in [0.25, 0.3) is 6.08 Å². The minimum Gasteiger partial charge on any atom is -0.348 e. The fourth-order valence-electron chi connectivity index (χ4n) is 4.63. The van der Waals surface area contributed by atoms with Crippen molar-refractivity contribution in [3.8, 4) is 0 Å². The molecule has 1 aliphatic carbocycles. The van der Waals surface area contributed by atoms with Crippen LogP contribution in [0.4, 0.5) is 0 Å². The van der Waals surface area contributed by atoms with Crippen molar-refractivity contribution in [2.45, 2.75) is 38.6 Å². The third-order valence-corrected chi connectivity index (χ3v) is 6.56. The molecule has 4 rings (SSSR count). The summed E-state index contributed by atoms with van der Waals surface area (Å²) in [4.78, 5) is 17.3. The summed E-state index contributed by atoms with van der Waals surface area (Å²) in [6, 6.07) is 17.2. The maximum atomic E-state index is 12.6. The largest absolute Gasteiger partial charge is 0.348 e. The average molecular weight is 418 g/mol.